The summed E-state index contributed by atoms with van der Waals surface area (Å²) in [5, 5.41) is 15.4. The number of carbonyl (C=O) groups excluding carboxylic acids is 1. The van der Waals surface area contributed by atoms with E-state index < -0.39 is 5.91 Å². The molecule has 1 saturated carbocycles. The number of ether oxygens (including phenoxy) is 1. The van der Waals surface area contributed by atoms with E-state index in [1.54, 1.807) is 25.3 Å². The van der Waals surface area contributed by atoms with Crippen molar-refractivity contribution >= 4 is 17.5 Å². The minimum absolute atomic E-state index is 0.0444. The highest BCUT2D eigenvalue weighted by Crippen LogP contribution is 2.28. The quantitative estimate of drug-likeness (QED) is 0.228. The zero-order valence-electron chi connectivity index (χ0n) is 23.0. The molecule has 1 amide bonds. The van der Waals surface area contributed by atoms with Crippen LogP contribution in [-0.2, 0) is 6.54 Å². The third-order valence-electron chi connectivity index (χ3n) is 7.22. The average Bonchev–Trinajstić information content (AvgIpc) is 3.41. The van der Waals surface area contributed by atoms with Crippen LogP contribution >= 0.6 is 0 Å². The summed E-state index contributed by atoms with van der Waals surface area (Å²) in [4.78, 5) is 26.3. The van der Waals surface area contributed by atoms with E-state index >= 15 is 0 Å². The molecule has 10 nitrogen and oxygen atoms in total. The minimum Gasteiger partial charge on any atom is -0.470 e. The normalized spacial score (nSPS) is 16.8. The molecule has 0 radical (unpaired) electrons. The van der Waals surface area contributed by atoms with Crippen molar-refractivity contribution in [2.75, 3.05) is 11.1 Å². The Kier molecular flexibility index (Phi) is 8.55. The molecule has 1 aliphatic carbocycles. The standard InChI is InChI=1S/C31H31FN8O2/c1-18(21-9-11-23(32)12-10-21)39-30(41)24-13-20(14-33)16-38-29(24)37-15-19-5-7-22(8-6-19)26-17-36-28(35)31(40-26)42-27-4-2-3-25(27)34/h5-13,16-18,25,27H,2-4,15,34H2,1H3,(H2,35,36)(H,37,38)(H,39,41)/t18-,25-,27-/m0/s1. The van der Waals surface area contributed by atoms with Gasteiger partial charge < -0.3 is 26.8 Å². The first-order valence-corrected chi connectivity index (χ1v) is 13.6. The monoisotopic (exact) mass is 566 g/mol. The van der Waals surface area contributed by atoms with Gasteiger partial charge in [0.05, 0.1) is 29.1 Å². The number of benzene rings is 2. The van der Waals surface area contributed by atoms with E-state index in [1.165, 1.54) is 24.4 Å². The average molecular weight is 567 g/mol. The maximum absolute atomic E-state index is 13.3. The van der Waals surface area contributed by atoms with Crippen molar-refractivity contribution in [1.82, 2.24) is 20.3 Å². The predicted molar refractivity (Wildman–Crippen MR) is 157 cm³/mol. The Bertz CT molecular complexity index is 1610. The second-order valence-corrected chi connectivity index (χ2v) is 10.2. The third-order valence-corrected chi connectivity index (χ3v) is 7.22. The molecule has 4 aromatic rings. The first-order chi connectivity index (χ1) is 20.3. The fourth-order valence-electron chi connectivity index (χ4n) is 4.78. The number of carbonyl (C=O) groups is 1. The number of rotatable bonds is 9. The number of pyridine rings is 1. The van der Waals surface area contributed by atoms with Gasteiger partial charge in [-0.2, -0.15) is 5.26 Å². The van der Waals surface area contributed by atoms with Crippen LogP contribution in [0.2, 0.25) is 0 Å². The van der Waals surface area contributed by atoms with Crippen molar-refractivity contribution in [3.8, 4) is 23.2 Å². The number of nitrogens with one attached hydrogen (secondary N) is 2. The SMILES string of the molecule is C[C@H](NC(=O)c1cc(C#N)cnc1NCc1ccc(-c2cnc(N)c(O[C@H]3CCC[C@@H]3N)n2)cc1)c1ccc(F)cc1. The van der Waals surface area contributed by atoms with Gasteiger partial charge in [0.25, 0.3) is 11.8 Å². The van der Waals surface area contributed by atoms with Gasteiger partial charge in [0.1, 0.15) is 23.8 Å². The number of hydrogen-bond acceptors (Lipinski definition) is 9. The van der Waals surface area contributed by atoms with Crippen molar-refractivity contribution < 1.29 is 13.9 Å². The predicted octanol–water partition coefficient (Wildman–Crippen LogP) is 4.49. The largest absolute Gasteiger partial charge is 0.470 e. The van der Waals surface area contributed by atoms with Gasteiger partial charge in [0.15, 0.2) is 5.82 Å². The summed E-state index contributed by atoms with van der Waals surface area (Å²) in [7, 11) is 0. The van der Waals surface area contributed by atoms with Crippen LogP contribution < -0.4 is 26.8 Å². The highest BCUT2D eigenvalue weighted by Gasteiger charge is 2.27. The van der Waals surface area contributed by atoms with E-state index in [2.05, 4.69) is 25.6 Å². The Labute approximate surface area is 243 Å². The van der Waals surface area contributed by atoms with E-state index in [0.717, 1.165) is 36.0 Å². The number of aromatic nitrogens is 3. The molecule has 11 heteroatoms. The summed E-state index contributed by atoms with van der Waals surface area (Å²) in [6, 6.07) is 16.7. The Hall–Kier alpha value is -5.08. The lowest BCUT2D eigenvalue weighted by atomic mass is 10.1. The molecule has 0 saturated heterocycles. The van der Waals surface area contributed by atoms with Crippen molar-refractivity contribution in [1.29, 1.82) is 5.26 Å². The van der Waals surface area contributed by atoms with Crippen LogP contribution in [0.4, 0.5) is 16.0 Å². The van der Waals surface area contributed by atoms with Gasteiger partial charge in [0.2, 0.25) is 0 Å². The van der Waals surface area contributed by atoms with Gasteiger partial charge in [-0.25, -0.2) is 19.3 Å². The highest BCUT2D eigenvalue weighted by atomic mass is 19.1. The van der Waals surface area contributed by atoms with Crippen LogP contribution in [0, 0.1) is 17.1 Å². The molecule has 1 fully saturated rings. The molecule has 5 rings (SSSR count). The Balaban J connectivity index is 1.27. The Morgan fingerprint density at radius 1 is 1.14 bits per heavy atom. The van der Waals surface area contributed by atoms with Crippen molar-refractivity contribution in [3.05, 3.63) is 95.1 Å². The summed E-state index contributed by atoms with van der Waals surface area (Å²) in [6.07, 6.45) is 5.66. The van der Waals surface area contributed by atoms with Gasteiger partial charge >= 0.3 is 0 Å². The van der Waals surface area contributed by atoms with Gasteiger partial charge in [-0.3, -0.25) is 4.79 Å². The van der Waals surface area contributed by atoms with Gasteiger partial charge in [-0.1, -0.05) is 36.4 Å². The first-order valence-electron chi connectivity index (χ1n) is 13.6. The van der Waals surface area contributed by atoms with Crippen LogP contribution in [0.1, 0.15) is 59.3 Å². The summed E-state index contributed by atoms with van der Waals surface area (Å²) in [5.74, 6) is 0.0749. The molecule has 2 aromatic carbocycles. The van der Waals surface area contributed by atoms with Crippen molar-refractivity contribution in [3.63, 3.8) is 0 Å². The molecule has 6 N–H and O–H groups in total. The maximum Gasteiger partial charge on any atom is 0.258 e. The molecule has 0 spiro atoms. The Morgan fingerprint density at radius 2 is 1.90 bits per heavy atom. The molecular formula is C31H31FN8O2. The summed E-state index contributed by atoms with van der Waals surface area (Å²) >= 11 is 0. The second kappa shape index (κ2) is 12.6. The fraction of sp³-hybridized carbons (Fsp3) is 0.258. The molecule has 0 bridgehead atoms. The summed E-state index contributed by atoms with van der Waals surface area (Å²) < 4.78 is 19.3. The number of nitrogens with zero attached hydrogens (tertiary/aromatic N) is 4. The lowest BCUT2D eigenvalue weighted by Gasteiger charge is -2.18. The van der Waals surface area contributed by atoms with Gasteiger partial charge in [0, 0.05) is 24.3 Å². The molecule has 214 valence electrons. The summed E-state index contributed by atoms with van der Waals surface area (Å²) in [6.45, 7) is 2.17. The first kappa shape index (κ1) is 28.4. The number of halogens is 1. The fourth-order valence-corrected chi connectivity index (χ4v) is 4.78. The highest BCUT2D eigenvalue weighted by molar-refractivity contribution is 5.99. The lowest BCUT2D eigenvalue weighted by molar-refractivity contribution is 0.0940. The van der Waals surface area contributed by atoms with Crippen LogP contribution in [0.25, 0.3) is 11.3 Å². The van der Waals surface area contributed by atoms with Crippen molar-refractivity contribution in [2.24, 2.45) is 5.73 Å². The zero-order valence-corrected chi connectivity index (χ0v) is 23.0. The van der Waals surface area contributed by atoms with Gasteiger partial charge in [-0.15, -0.1) is 0 Å². The smallest absolute Gasteiger partial charge is 0.258 e. The maximum atomic E-state index is 13.3. The molecular weight excluding hydrogens is 535 g/mol. The molecule has 2 heterocycles. The third kappa shape index (κ3) is 6.62. The molecule has 0 unspecified atom stereocenters. The minimum atomic E-state index is -0.409. The molecule has 42 heavy (non-hydrogen) atoms. The molecule has 1 aliphatic rings. The van der Waals surface area contributed by atoms with Crippen LogP contribution in [0.3, 0.4) is 0 Å². The Morgan fingerprint density at radius 3 is 2.60 bits per heavy atom. The van der Waals surface area contributed by atoms with Crippen LogP contribution in [0.5, 0.6) is 5.88 Å². The molecule has 0 aliphatic heterocycles. The van der Waals surface area contributed by atoms with Crippen LogP contribution in [-0.4, -0.2) is 33.0 Å². The van der Waals surface area contributed by atoms with Crippen LogP contribution in [0.15, 0.2) is 67.0 Å². The summed E-state index contributed by atoms with van der Waals surface area (Å²) in [5.41, 5.74) is 15.7. The number of anilines is 2. The van der Waals surface area contributed by atoms with E-state index in [4.69, 9.17) is 16.2 Å². The number of nitriles is 1. The molecule has 2 aromatic heterocycles. The van der Waals surface area contributed by atoms with E-state index in [-0.39, 0.29) is 46.8 Å². The van der Waals surface area contributed by atoms with E-state index in [9.17, 15) is 14.4 Å². The zero-order chi connectivity index (χ0) is 29.6. The number of hydrogen-bond donors (Lipinski definition) is 4. The number of amides is 1. The number of nitrogen functional groups attached to an aromatic ring is 1. The molecule has 3 atom stereocenters. The van der Waals surface area contributed by atoms with E-state index in [1.807, 2.05) is 30.3 Å². The topological polar surface area (TPSA) is 165 Å². The number of nitrogens with two attached hydrogens (primary N) is 2. The lowest BCUT2D eigenvalue weighted by Crippen LogP contribution is -2.34. The van der Waals surface area contributed by atoms with E-state index in [0.29, 0.717) is 18.1 Å². The second-order valence-electron chi connectivity index (χ2n) is 10.2. The van der Waals surface area contributed by atoms with Crippen molar-refractivity contribution in [2.45, 2.75) is 50.9 Å². The van der Waals surface area contributed by atoms with Gasteiger partial charge in [-0.05, 0) is 55.5 Å².